The van der Waals surface area contributed by atoms with Gasteiger partial charge in [-0.3, -0.25) is 4.68 Å². The quantitative estimate of drug-likeness (QED) is 0.870. The van der Waals surface area contributed by atoms with Crippen molar-refractivity contribution in [2.24, 2.45) is 7.05 Å². The van der Waals surface area contributed by atoms with E-state index in [9.17, 15) is 0 Å². The number of halogens is 1. The van der Waals surface area contributed by atoms with Gasteiger partial charge in [-0.2, -0.15) is 5.10 Å². The lowest BCUT2D eigenvalue weighted by Crippen LogP contribution is -2.42. The number of hydrogen-bond donors (Lipinski definition) is 1. The Hall–Kier alpha value is -1.32. The van der Waals surface area contributed by atoms with Gasteiger partial charge in [0.1, 0.15) is 0 Å². The number of aryl methyl sites for hydroxylation is 1. The molecule has 104 valence electrons. The number of benzene rings is 1. The van der Waals surface area contributed by atoms with Crippen LogP contribution in [0.2, 0.25) is 5.02 Å². The van der Waals surface area contributed by atoms with Crippen LogP contribution in [0.15, 0.2) is 24.3 Å². The average Bonchev–Trinajstić information content (AvgIpc) is 2.76. The molecule has 1 fully saturated rings. The van der Waals surface area contributed by atoms with E-state index in [0.717, 1.165) is 11.4 Å². The maximum absolute atomic E-state index is 6.15. The van der Waals surface area contributed by atoms with E-state index in [1.54, 1.807) is 0 Å². The molecular formula is C16H18ClN3. The lowest BCUT2D eigenvalue weighted by molar-refractivity contribution is 0.297. The zero-order valence-electron chi connectivity index (χ0n) is 11.6. The smallest absolute Gasteiger partial charge is 0.0833 e. The fourth-order valence-corrected chi connectivity index (χ4v) is 3.90. The molecule has 1 aromatic carbocycles. The van der Waals surface area contributed by atoms with E-state index < -0.39 is 0 Å². The molecule has 2 unspecified atom stereocenters. The molecule has 1 N–H and O–H groups in total. The van der Waals surface area contributed by atoms with Crippen LogP contribution in [-0.2, 0) is 13.5 Å². The van der Waals surface area contributed by atoms with E-state index in [0.29, 0.717) is 12.1 Å². The molecule has 20 heavy (non-hydrogen) atoms. The van der Waals surface area contributed by atoms with Gasteiger partial charge in [0.15, 0.2) is 0 Å². The molecule has 3 heterocycles. The molecule has 1 aromatic heterocycles. The molecule has 1 saturated heterocycles. The van der Waals surface area contributed by atoms with E-state index in [1.165, 1.54) is 41.8 Å². The molecule has 4 heteroatoms. The number of rotatable bonds is 1. The highest BCUT2D eigenvalue weighted by molar-refractivity contribution is 6.30. The molecule has 0 amide bonds. The number of nitrogens with zero attached hydrogens (tertiary/aromatic N) is 2. The third-order valence-electron chi connectivity index (χ3n) is 4.54. The minimum Gasteiger partial charge on any atom is -0.305 e. The molecule has 2 aliphatic rings. The van der Waals surface area contributed by atoms with Crippen LogP contribution in [0, 0.1) is 0 Å². The molecule has 0 spiro atoms. The first-order valence-corrected chi connectivity index (χ1v) is 7.68. The first kappa shape index (κ1) is 12.4. The Balaban J connectivity index is 1.87. The van der Waals surface area contributed by atoms with Gasteiger partial charge in [-0.15, -0.1) is 0 Å². The Labute approximate surface area is 123 Å². The van der Waals surface area contributed by atoms with Crippen LogP contribution in [0.1, 0.15) is 36.6 Å². The second kappa shape index (κ2) is 4.61. The van der Waals surface area contributed by atoms with E-state index in [4.69, 9.17) is 16.7 Å². The fraction of sp³-hybridized carbons (Fsp3) is 0.438. The summed E-state index contributed by atoms with van der Waals surface area (Å²) in [7, 11) is 2.04. The van der Waals surface area contributed by atoms with Gasteiger partial charge < -0.3 is 5.32 Å². The predicted molar refractivity (Wildman–Crippen MR) is 80.9 cm³/mol. The van der Waals surface area contributed by atoms with Crippen LogP contribution in [0.25, 0.3) is 11.3 Å². The van der Waals surface area contributed by atoms with E-state index in [2.05, 4.69) is 11.4 Å². The Bertz CT molecular complexity index is 662. The molecule has 4 rings (SSSR count). The molecule has 3 nitrogen and oxygen atoms in total. The summed E-state index contributed by atoms with van der Waals surface area (Å²) < 4.78 is 2.03. The minimum atomic E-state index is 0.441. The molecule has 2 atom stereocenters. The van der Waals surface area contributed by atoms with Crippen molar-refractivity contribution >= 4 is 11.6 Å². The maximum atomic E-state index is 6.15. The fourth-order valence-electron chi connectivity index (χ4n) is 3.71. The van der Waals surface area contributed by atoms with E-state index in [-0.39, 0.29) is 0 Å². The van der Waals surface area contributed by atoms with Gasteiger partial charge in [0, 0.05) is 29.2 Å². The molecule has 2 bridgehead atoms. The van der Waals surface area contributed by atoms with Crippen LogP contribution in [0.5, 0.6) is 0 Å². The van der Waals surface area contributed by atoms with Crippen molar-refractivity contribution < 1.29 is 0 Å². The second-order valence-electron chi connectivity index (χ2n) is 5.90. The summed E-state index contributed by atoms with van der Waals surface area (Å²) in [6.07, 6.45) is 4.88. The van der Waals surface area contributed by atoms with Gasteiger partial charge in [0.25, 0.3) is 0 Å². The summed E-state index contributed by atoms with van der Waals surface area (Å²) >= 11 is 6.15. The van der Waals surface area contributed by atoms with Crippen molar-refractivity contribution in [1.29, 1.82) is 0 Å². The first-order chi connectivity index (χ1) is 9.72. The number of hydrogen-bond acceptors (Lipinski definition) is 2. The summed E-state index contributed by atoms with van der Waals surface area (Å²) in [6.45, 7) is 0. The second-order valence-corrected chi connectivity index (χ2v) is 6.33. The number of nitrogens with one attached hydrogen (secondary N) is 1. The zero-order valence-corrected chi connectivity index (χ0v) is 12.3. The van der Waals surface area contributed by atoms with Crippen molar-refractivity contribution in [1.82, 2.24) is 15.1 Å². The van der Waals surface area contributed by atoms with Crippen LogP contribution in [0.3, 0.4) is 0 Å². The monoisotopic (exact) mass is 287 g/mol. The van der Waals surface area contributed by atoms with Gasteiger partial charge in [-0.1, -0.05) is 23.7 Å². The third kappa shape index (κ3) is 1.88. The summed E-state index contributed by atoms with van der Waals surface area (Å²) in [5, 5.41) is 9.28. The highest BCUT2D eigenvalue weighted by Crippen LogP contribution is 2.38. The van der Waals surface area contributed by atoms with Crippen molar-refractivity contribution in [3.8, 4) is 11.3 Å². The van der Waals surface area contributed by atoms with Crippen LogP contribution in [-0.4, -0.2) is 15.8 Å². The first-order valence-electron chi connectivity index (χ1n) is 7.30. The Morgan fingerprint density at radius 1 is 1.35 bits per heavy atom. The zero-order chi connectivity index (χ0) is 13.7. The van der Waals surface area contributed by atoms with Crippen LogP contribution < -0.4 is 5.32 Å². The Kier molecular flexibility index (Phi) is 2.86. The van der Waals surface area contributed by atoms with Gasteiger partial charge in [-0.05, 0) is 37.8 Å². The molecular weight excluding hydrogens is 270 g/mol. The van der Waals surface area contributed by atoms with Crippen LogP contribution in [0.4, 0.5) is 0 Å². The summed E-state index contributed by atoms with van der Waals surface area (Å²) in [4.78, 5) is 0. The summed E-state index contributed by atoms with van der Waals surface area (Å²) in [6, 6.07) is 9.15. The SMILES string of the molecule is Cn1nc2c(c1-c1cccc(Cl)c1)CC1CCCC2N1. The average molecular weight is 288 g/mol. The highest BCUT2D eigenvalue weighted by Gasteiger charge is 2.34. The van der Waals surface area contributed by atoms with Gasteiger partial charge >= 0.3 is 0 Å². The van der Waals surface area contributed by atoms with Gasteiger partial charge in [-0.25, -0.2) is 0 Å². The van der Waals surface area contributed by atoms with Gasteiger partial charge in [0.05, 0.1) is 17.4 Å². The van der Waals surface area contributed by atoms with Crippen molar-refractivity contribution in [3.05, 3.63) is 40.5 Å². The minimum absolute atomic E-state index is 0.441. The Morgan fingerprint density at radius 2 is 2.25 bits per heavy atom. The third-order valence-corrected chi connectivity index (χ3v) is 4.77. The standard InChI is InChI=1S/C16H18ClN3/c1-20-16(10-4-2-5-11(17)8-10)13-9-12-6-3-7-14(18-12)15(13)19-20/h2,4-5,8,12,14,18H,3,6-7,9H2,1H3. The summed E-state index contributed by atoms with van der Waals surface area (Å²) in [5.41, 5.74) is 5.08. The van der Waals surface area contributed by atoms with Gasteiger partial charge in [0.2, 0.25) is 0 Å². The largest absolute Gasteiger partial charge is 0.305 e. The predicted octanol–water partition coefficient (Wildman–Crippen LogP) is 3.48. The molecule has 0 radical (unpaired) electrons. The molecule has 0 aliphatic carbocycles. The highest BCUT2D eigenvalue weighted by atomic mass is 35.5. The molecule has 2 aromatic rings. The van der Waals surface area contributed by atoms with Crippen LogP contribution >= 0.6 is 11.6 Å². The Morgan fingerprint density at radius 3 is 3.10 bits per heavy atom. The number of fused-ring (bicyclic) bond motifs is 4. The van der Waals surface area contributed by atoms with Crippen molar-refractivity contribution in [3.63, 3.8) is 0 Å². The van der Waals surface area contributed by atoms with E-state index in [1.807, 2.05) is 29.9 Å². The topological polar surface area (TPSA) is 29.9 Å². The van der Waals surface area contributed by atoms with E-state index >= 15 is 0 Å². The maximum Gasteiger partial charge on any atom is 0.0833 e. The summed E-state index contributed by atoms with van der Waals surface area (Å²) in [5.74, 6) is 0. The van der Waals surface area contributed by atoms with Crippen molar-refractivity contribution in [2.75, 3.05) is 0 Å². The molecule has 2 aliphatic heterocycles. The lowest BCUT2D eigenvalue weighted by Gasteiger charge is -2.35. The number of aromatic nitrogens is 2. The molecule has 0 saturated carbocycles. The lowest BCUT2D eigenvalue weighted by atomic mass is 9.84. The van der Waals surface area contributed by atoms with Crippen molar-refractivity contribution in [2.45, 2.75) is 37.8 Å². The normalized spacial score (nSPS) is 24.5. The number of piperidine rings is 1.